The van der Waals surface area contributed by atoms with E-state index in [1.807, 2.05) is 37.0 Å². The highest BCUT2D eigenvalue weighted by Crippen LogP contribution is 2.36. The molecule has 4 aromatic rings. The van der Waals surface area contributed by atoms with Gasteiger partial charge in [-0.2, -0.15) is 23.4 Å². The van der Waals surface area contributed by atoms with Gasteiger partial charge in [0.1, 0.15) is 5.82 Å². The van der Waals surface area contributed by atoms with Crippen LogP contribution in [0.1, 0.15) is 62.7 Å². The zero-order valence-electron chi connectivity index (χ0n) is 22.1. The Morgan fingerprint density at radius 1 is 1.00 bits per heavy atom. The van der Waals surface area contributed by atoms with Crippen LogP contribution in [-0.2, 0) is 18.0 Å². The van der Waals surface area contributed by atoms with Gasteiger partial charge in [0.05, 0.1) is 28.9 Å². The fourth-order valence-corrected chi connectivity index (χ4v) is 4.38. The van der Waals surface area contributed by atoms with Crippen LogP contribution in [0.15, 0.2) is 53.7 Å². The second kappa shape index (κ2) is 12.1. The van der Waals surface area contributed by atoms with Gasteiger partial charge in [-0.25, -0.2) is 9.07 Å². The molecule has 1 aliphatic heterocycles. The van der Waals surface area contributed by atoms with E-state index >= 15 is 0 Å². The number of hydrogen-bond donors (Lipinski definition) is 0. The summed E-state index contributed by atoms with van der Waals surface area (Å²) in [5, 5.41) is 8.65. The van der Waals surface area contributed by atoms with Crippen LogP contribution in [0.4, 0.5) is 17.6 Å². The van der Waals surface area contributed by atoms with E-state index in [1.54, 1.807) is 6.07 Å². The third-order valence-electron chi connectivity index (χ3n) is 6.60. The molecule has 4 heterocycles. The maximum atomic E-state index is 14.7. The Labute approximate surface area is 223 Å². The summed E-state index contributed by atoms with van der Waals surface area (Å²) in [4.78, 5) is 17.2. The number of benzene rings is 1. The van der Waals surface area contributed by atoms with E-state index in [2.05, 4.69) is 15.2 Å². The summed E-state index contributed by atoms with van der Waals surface area (Å²) >= 11 is 0. The minimum Gasteiger partial charge on any atom is -0.381 e. The zero-order chi connectivity index (χ0) is 28.2. The van der Waals surface area contributed by atoms with Gasteiger partial charge in [0, 0.05) is 55.2 Å². The van der Waals surface area contributed by atoms with Gasteiger partial charge in [-0.3, -0.25) is 14.5 Å². The van der Waals surface area contributed by atoms with Crippen molar-refractivity contribution in [1.82, 2.24) is 24.5 Å². The summed E-state index contributed by atoms with van der Waals surface area (Å²) in [6.07, 6.45) is 4.61. The number of alkyl halides is 3. The van der Waals surface area contributed by atoms with Gasteiger partial charge < -0.3 is 4.74 Å². The SMILES string of the molecule is CC.Cn1ncc2c(-c3ccc(C(F)(F)F)cc3F)nc(C3CCOCC3)cc2c1=O.c1cnn(C2CC2)c1. The molecule has 208 valence electrons. The van der Waals surface area contributed by atoms with E-state index < -0.39 is 17.6 Å². The smallest absolute Gasteiger partial charge is 0.381 e. The lowest BCUT2D eigenvalue weighted by molar-refractivity contribution is -0.137. The molecule has 1 saturated heterocycles. The van der Waals surface area contributed by atoms with Gasteiger partial charge in [-0.15, -0.1) is 0 Å². The monoisotopic (exact) mass is 545 g/mol. The second-order valence-electron chi connectivity index (χ2n) is 9.23. The molecule has 7 nitrogen and oxygen atoms in total. The lowest BCUT2D eigenvalue weighted by Crippen LogP contribution is -2.21. The van der Waals surface area contributed by atoms with Gasteiger partial charge in [-0.05, 0) is 56.0 Å². The summed E-state index contributed by atoms with van der Waals surface area (Å²) in [6, 6.07) is 6.68. The van der Waals surface area contributed by atoms with Crippen molar-refractivity contribution in [3.63, 3.8) is 0 Å². The minimum atomic E-state index is -4.66. The maximum absolute atomic E-state index is 14.7. The van der Waals surface area contributed by atoms with E-state index in [9.17, 15) is 22.4 Å². The molecule has 1 aromatic carbocycles. The van der Waals surface area contributed by atoms with Crippen LogP contribution in [-0.4, -0.2) is 37.8 Å². The minimum absolute atomic E-state index is 0.0160. The molecule has 0 spiro atoms. The second-order valence-corrected chi connectivity index (χ2v) is 9.23. The quantitative estimate of drug-likeness (QED) is 0.283. The van der Waals surface area contributed by atoms with Gasteiger partial charge in [0.15, 0.2) is 0 Å². The summed E-state index contributed by atoms with van der Waals surface area (Å²) in [5.74, 6) is -1.04. The van der Waals surface area contributed by atoms with E-state index in [1.165, 1.54) is 26.1 Å². The van der Waals surface area contributed by atoms with Gasteiger partial charge in [-0.1, -0.05) is 13.8 Å². The van der Waals surface area contributed by atoms with Crippen molar-refractivity contribution in [3.8, 4) is 11.3 Å². The first-order valence-corrected chi connectivity index (χ1v) is 13.0. The average molecular weight is 546 g/mol. The highest BCUT2D eigenvalue weighted by Gasteiger charge is 2.32. The Morgan fingerprint density at radius 3 is 2.31 bits per heavy atom. The van der Waals surface area contributed by atoms with Crippen LogP contribution in [0.3, 0.4) is 0 Å². The van der Waals surface area contributed by atoms with Crippen molar-refractivity contribution in [2.45, 2.75) is 57.7 Å². The lowest BCUT2D eigenvalue weighted by Gasteiger charge is -2.22. The third-order valence-corrected chi connectivity index (χ3v) is 6.60. The Kier molecular flexibility index (Phi) is 8.79. The van der Waals surface area contributed by atoms with Gasteiger partial charge in [0.25, 0.3) is 5.56 Å². The number of nitrogens with zero attached hydrogens (tertiary/aromatic N) is 5. The molecule has 6 rings (SSSR count). The number of ether oxygens (including phenoxy) is 1. The Balaban J connectivity index is 0.000000295. The largest absolute Gasteiger partial charge is 0.416 e. The highest BCUT2D eigenvalue weighted by atomic mass is 19.4. The van der Waals surface area contributed by atoms with Crippen LogP contribution in [0.2, 0.25) is 0 Å². The number of aromatic nitrogens is 5. The predicted molar refractivity (Wildman–Crippen MR) is 140 cm³/mol. The number of hydrogen-bond acceptors (Lipinski definition) is 5. The van der Waals surface area contributed by atoms with Gasteiger partial charge >= 0.3 is 6.18 Å². The first-order chi connectivity index (χ1) is 18.7. The molecule has 0 unspecified atom stereocenters. The summed E-state index contributed by atoms with van der Waals surface area (Å²) in [5.41, 5.74) is -0.866. The molecule has 11 heteroatoms. The number of rotatable bonds is 3. The predicted octanol–water partition coefficient (Wildman–Crippen LogP) is 6.29. The zero-order valence-corrected chi connectivity index (χ0v) is 22.1. The molecule has 2 aliphatic rings. The molecule has 3 aromatic heterocycles. The standard InChI is InChI=1S/C20H17F4N3O2.C6H8N2.C2H6/c1-27-19(28)14-9-17(11-4-6-29-7-5-11)26-18(15(14)10-25-27)13-3-2-12(8-16(13)21)20(22,23)24;1-4-7-8(5-1)6-2-3-6;1-2/h2-3,8-11H,4-7H2,1H3;1,4-6H,2-3H2;1-2H3. The number of fused-ring (bicyclic) bond motifs is 1. The van der Waals surface area contributed by atoms with Crippen molar-refractivity contribution < 1.29 is 22.3 Å². The molecule has 0 atom stereocenters. The fourth-order valence-electron chi connectivity index (χ4n) is 4.38. The average Bonchev–Trinajstić information content (AvgIpc) is 3.65. The molecular formula is C28H31F4N5O2. The molecule has 0 N–H and O–H groups in total. The Bertz CT molecular complexity index is 1460. The third kappa shape index (κ3) is 6.52. The van der Waals surface area contributed by atoms with Crippen LogP contribution in [0, 0.1) is 5.82 Å². The van der Waals surface area contributed by atoms with Crippen molar-refractivity contribution in [1.29, 1.82) is 0 Å². The first-order valence-electron chi connectivity index (χ1n) is 13.0. The number of aryl methyl sites for hydroxylation is 1. The van der Waals surface area contributed by atoms with Crippen LogP contribution < -0.4 is 5.56 Å². The normalized spacial score (nSPS) is 15.8. The molecule has 0 amide bonds. The van der Waals surface area contributed by atoms with E-state index in [4.69, 9.17) is 4.74 Å². The van der Waals surface area contributed by atoms with Crippen LogP contribution in [0.5, 0.6) is 0 Å². The van der Waals surface area contributed by atoms with Crippen molar-refractivity contribution in [2.75, 3.05) is 13.2 Å². The van der Waals surface area contributed by atoms with Gasteiger partial charge in [0.2, 0.25) is 0 Å². The van der Waals surface area contributed by atoms with Crippen molar-refractivity contribution >= 4 is 10.8 Å². The van der Waals surface area contributed by atoms with E-state index in [0.29, 0.717) is 48.6 Å². The topological polar surface area (TPSA) is 74.8 Å². The first kappa shape index (κ1) is 28.4. The van der Waals surface area contributed by atoms with Crippen LogP contribution >= 0.6 is 0 Å². The lowest BCUT2D eigenvalue weighted by atomic mass is 9.93. The molecule has 0 bridgehead atoms. The number of halogens is 4. The molecule has 2 fully saturated rings. The molecule has 1 saturated carbocycles. The highest BCUT2D eigenvalue weighted by molar-refractivity contribution is 5.94. The fraction of sp³-hybridized carbons (Fsp3) is 0.429. The summed E-state index contributed by atoms with van der Waals surface area (Å²) in [7, 11) is 1.49. The van der Waals surface area contributed by atoms with Crippen molar-refractivity contribution in [3.05, 3.63) is 76.4 Å². The van der Waals surface area contributed by atoms with E-state index in [0.717, 1.165) is 22.9 Å². The summed E-state index contributed by atoms with van der Waals surface area (Å²) < 4.78 is 62.0. The number of pyridine rings is 1. The Morgan fingerprint density at radius 2 is 1.72 bits per heavy atom. The Hall–Kier alpha value is -3.60. The van der Waals surface area contributed by atoms with E-state index in [-0.39, 0.29) is 22.7 Å². The molecule has 1 aliphatic carbocycles. The maximum Gasteiger partial charge on any atom is 0.416 e. The molecule has 39 heavy (non-hydrogen) atoms. The molecule has 0 radical (unpaired) electrons. The van der Waals surface area contributed by atoms with Crippen LogP contribution in [0.25, 0.3) is 22.0 Å². The van der Waals surface area contributed by atoms with Crippen molar-refractivity contribution in [2.24, 2.45) is 7.05 Å². The molecular weight excluding hydrogens is 514 g/mol. The summed E-state index contributed by atoms with van der Waals surface area (Å²) in [6.45, 7) is 5.09.